The molecule has 0 saturated heterocycles. The number of rotatable bonds is 4. The Hall–Kier alpha value is -6.46. The van der Waals surface area contributed by atoms with Crippen LogP contribution in [-0.2, 0) is 0 Å². The van der Waals surface area contributed by atoms with Crippen molar-refractivity contribution in [1.29, 1.82) is 0 Å². The van der Waals surface area contributed by atoms with E-state index >= 15 is 0 Å². The van der Waals surface area contributed by atoms with Gasteiger partial charge in [0.1, 0.15) is 0 Å². The molecule has 9 aromatic carbocycles. The molecule has 226 valence electrons. The zero-order valence-electron chi connectivity index (χ0n) is 26.8. The maximum atomic E-state index is 3.72. The van der Waals surface area contributed by atoms with Crippen LogP contribution < -0.4 is 10.4 Å². The second-order valence-corrected chi connectivity index (χ2v) is 13.0. The van der Waals surface area contributed by atoms with Crippen molar-refractivity contribution in [2.75, 3.05) is 0 Å². The highest BCUT2D eigenvalue weighted by Crippen LogP contribution is 2.37. The zero-order valence-corrected chi connectivity index (χ0v) is 26.8. The molecule has 9 aromatic rings. The first-order valence-electron chi connectivity index (χ1n) is 16.9. The van der Waals surface area contributed by atoms with Crippen molar-refractivity contribution < 1.29 is 0 Å². The van der Waals surface area contributed by atoms with Gasteiger partial charge in [0.25, 0.3) is 0 Å². The lowest BCUT2D eigenvalue weighted by Gasteiger charge is -2.15. The first-order chi connectivity index (χ1) is 24.3. The molecular formula is C49H30. The van der Waals surface area contributed by atoms with E-state index in [-0.39, 0.29) is 0 Å². The lowest BCUT2D eigenvalue weighted by Crippen LogP contribution is -2.26. The van der Waals surface area contributed by atoms with Crippen molar-refractivity contribution in [3.63, 3.8) is 0 Å². The summed E-state index contributed by atoms with van der Waals surface area (Å²) in [5.74, 6) is 0. The predicted octanol–water partition coefficient (Wildman–Crippen LogP) is 11.4. The van der Waals surface area contributed by atoms with Gasteiger partial charge in [-0.1, -0.05) is 164 Å². The summed E-state index contributed by atoms with van der Waals surface area (Å²) in [6, 6.07) is 64.3. The molecule has 0 unspecified atom stereocenters. The largest absolute Gasteiger partial charge is 0.112 e. The fourth-order valence-electron chi connectivity index (χ4n) is 7.91. The van der Waals surface area contributed by atoms with Crippen molar-refractivity contribution in [1.82, 2.24) is 0 Å². The normalized spacial score (nSPS) is 12.2. The molecule has 0 atom stereocenters. The summed E-state index contributed by atoms with van der Waals surface area (Å²) in [4.78, 5) is 0. The molecule has 0 N–H and O–H groups in total. The van der Waals surface area contributed by atoms with E-state index in [1.54, 1.807) is 0 Å². The van der Waals surface area contributed by atoms with Gasteiger partial charge in [0, 0.05) is 10.4 Å². The van der Waals surface area contributed by atoms with Crippen LogP contribution in [0.4, 0.5) is 0 Å². The van der Waals surface area contributed by atoms with Crippen LogP contribution in [0.1, 0.15) is 5.56 Å². The molecule has 0 radical (unpaired) electrons. The van der Waals surface area contributed by atoms with E-state index in [1.807, 2.05) is 0 Å². The molecule has 1 aliphatic rings. The fraction of sp³-hybridized carbons (Fsp3) is 0. The summed E-state index contributed by atoms with van der Waals surface area (Å²) < 4.78 is 0. The van der Waals surface area contributed by atoms with Gasteiger partial charge in [0.2, 0.25) is 0 Å². The maximum absolute atomic E-state index is 3.72. The monoisotopic (exact) mass is 618 g/mol. The number of allylic oxidation sites excluding steroid dienone is 1. The van der Waals surface area contributed by atoms with Crippen molar-refractivity contribution in [3.8, 4) is 33.4 Å². The summed E-state index contributed by atoms with van der Waals surface area (Å²) in [7, 11) is 0. The van der Waals surface area contributed by atoms with Crippen LogP contribution in [0.25, 0.3) is 87.8 Å². The summed E-state index contributed by atoms with van der Waals surface area (Å²) in [5.41, 5.74) is 13.6. The first-order valence-corrected chi connectivity index (χ1v) is 16.9. The van der Waals surface area contributed by atoms with Crippen molar-refractivity contribution in [2.24, 2.45) is 0 Å². The first kappa shape index (κ1) is 27.6. The third-order valence-electron chi connectivity index (χ3n) is 10.2. The third kappa shape index (κ3) is 4.47. The molecule has 0 fully saturated rings. The molecule has 0 heteroatoms. The topological polar surface area (TPSA) is 0 Å². The van der Waals surface area contributed by atoms with Crippen LogP contribution in [0.3, 0.4) is 0 Å². The van der Waals surface area contributed by atoms with E-state index in [1.165, 1.54) is 92.8 Å². The number of hydrogen-bond acceptors (Lipinski definition) is 0. The minimum Gasteiger partial charge on any atom is -0.112 e. The van der Waals surface area contributed by atoms with Gasteiger partial charge in [0.05, 0.1) is 0 Å². The van der Waals surface area contributed by atoms with Crippen molar-refractivity contribution >= 4 is 54.4 Å². The van der Waals surface area contributed by atoms with E-state index in [0.29, 0.717) is 0 Å². The van der Waals surface area contributed by atoms with Crippen LogP contribution in [-0.4, -0.2) is 0 Å². The van der Waals surface area contributed by atoms with E-state index in [4.69, 9.17) is 0 Å². The molecule has 49 heavy (non-hydrogen) atoms. The molecule has 0 aromatic heterocycles. The summed E-state index contributed by atoms with van der Waals surface area (Å²) in [6.07, 6.45) is 2.20. The highest BCUT2D eigenvalue weighted by Gasteiger charge is 2.18. The molecule has 0 nitrogen and oxygen atoms in total. The minimum atomic E-state index is 1.14. The minimum absolute atomic E-state index is 1.14. The standard InChI is InChI=1S/C49H30/c1-2-13-37-30-38(27-22-32(37)10-1)43-19-9-21-45-47(43)31-39-28-29-46(44-20-8-15-34-12-4-6-17-42(34)44)49(39)48(45)36-25-23-35(24-26-36)41-18-7-14-33-11-3-5-16-40(33)41/h1-27,29-31H. The Kier molecular flexibility index (Phi) is 6.24. The average Bonchev–Trinajstić information content (AvgIpc) is 3.59. The quantitative estimate of drug-likeness (QED) is 0.184. The van der Waals surface area contributed by atoms with E-state index in [2.05, 4.69) is 188 Å². The molecule has 0 spiro atoms. The maximum Gasteiger partial charge on any atom is 0.0256 e. The van der Waals surface area contributed by atoms with Crippen LogP contribution >= 0.6 is 0 Å². The average molecular weight is 619 g/mol. The van der Waals surface area contributed by atoms with Gasteiger partial charge >= 0.3 is 0 Å². The van der Waals surface area contributed by atoms with Gasteiger partial charge in [-0.15, -0.1) is 5.73 Å². The predicted molar refractivity (Wildman–Crippen MR) is 209 cm³/mol. The van der Waals surface area contributed by atoms with Crippen LogP contribution in [0.5, 0.6) is 0 Å². The van der Waals surface area contributed by atoms with Gasteiger partial charge in [-0.05, 0) is 106 Å². The fourth-order valence-corrected chi connectivity index (χ4v) is 7.91. The molecule has 0 amide bonds. The van der Waals surface area contributed by atoms with Crippen LogP contribution in [0.2, 0.25) is 0 Å². The van der Waals surface area contributed by atoms with Gasteiger partial charge in [-0.2, -0.15) is 0 Å². The highest BCUT2D eigenvalue weighted by atomic mass is 14.2. The molecular weight excluding hydrogens is 589 g/mol. The highest BCUT2D eigenvalue weighted by molar-refractivity contribution is 6.08. The van der Waals surface area contributed by atoms with E-state index in [9.17, 15) is 0 Å². The van der Waals surface area contributed by atoms with Crippen LogP contribution in [0.15, 0.2) is 182 Å². The molecule has 0 saturated carbocycles. The Bertz CT molecular complexity index is 2940. The van der Waals surface area contributed by atoms with Crippen molar-refractivity contribution in [3.05, 3.63) is 198 Å². The summed E-state index contributed by atoms with van der Waals surface area (Å²) in [5, 5.41) is 12.4. The lowest BCUT2D eigenvalue weighted by molar-refractivity contribution is 1.52. The third-order valence-corrected chi connectivity index (χ3v) is 10.2. The number of benzene rings is 9. The number of hydrogen-bond donors (Lipinski definition) is 0. The summed E-state index contributed by atoms with van der Waals surface area (Å²) >= 11 is 0. The number of fused-ring (bicyclic) bond motifs is 5. The van der Waals surface area contributed by atoms with Gasteiger partial charge < -0.3 is 0 Å². The van der Waals surface area contributed by atoms with Gasteiger partial charge in [-0.25, -0.2) is 0 Å². The molecule has 1 aliphatic carbocycles. The second-order valence-electron chi connectivity index (χ2n) is 13.0. The Balaban J connectivity index is 1.26. The second kappa shape index (κ2) is 11.1. The molecule has 0 aliphatic heterocycles. The zero-order chi connectivity index (χ0) is 32.3. The van der Waals surface area contributed by atoms with E-state index in [0.717, 1.165) is 5.22 Å². The SMILES string of the molecule is C1=CC(c2cccc3ccccc23)=c2c(-c3ccc(-c4cccc5ccccc45)cc3)c3cccc(-c4ccc5ccccc5c4)c3cc2=1. The Morgan fingerprint density at radius 3 is 1.61 bits per heavy atom. The summed E-state index contributed by atoms with van der Waals surface area (Å²) in [6.45, 7) is 0. The van der Waals surface area contributed by atoms with Gasteiger partial charge in [-0.3, -0.25) is 0 Å². The molecule has 0 heterocycles. The van der Waals surface area contributed by atoms with E-state index < -0.39 is 0 Å². The Morgan fingerprint density at radius 2 is 0.857 bits per heavy atom. The van der Waals surface area contributed by atoms with Gasteiger partial charge in [0.15, 0.2) is 0 Å². The van der Waals surface area contributed by atoms with Crippen LogP contribution in [0, 0.1) is 0 Å². The van der Waals surface area contributed by atoms with Crippen molar-refractivity contribution in [2.45, 2.75) is 0 Å². The molecule has 0 bridgehead atoms. The molecule has 10 rings (SSSR count). The lowest BCUT2D eigenvalue weighted by atomic mass is 9.87. The Labute approximate surface area is 284 Å². The smallest absolute Gasteiger partial charge is 0.0256 e. The Morgan fingerprint density at radius 1 is 0.327 bits per heavy atom.